The summed E-state index contributed by atoms with van der Waals surface area (Å²) < 4.78 is 28.8. The second-order valence-electron chi connectivity index (χ2n) is 8.10. The van der Waals surface area contributed by atoms with Crippen molar-refractivity contribution in [1.29, 1.82) is 0 Å². The Morgan fingerprint density at radius 2 is 1.93 bits per heavy atom. The molecule has 0 bridgehead atoms. The second kappa shape index (κ2) is 7.77. The molecule has 0 saturated carbocycles. The molecule has 0 aliphatic carbocycles. The third-order valence-corrected chi connectivity index (χ3v) is 5.51. The number of hydrogen-bond acceptors (Lipinski definition) is 6. The molecule has 8 nitrogen and oxygen atoms in total. The Labute approximate surface area is 165 Å². The Hall–Kier alpha value is -2.03. The van der Waals surface area contributed by atoms with Gasteiger partial charge in [0.15, 0.2) is 23.2 Å². The van der Waals surface area contributed by atoms with Gasteiger partial charge in [-0.05, 0) is 17.5 Å². The largest absolute Gasteiger partial charge is 0.490 e. The zero-order chi connectivity index (χ0) is 19.6. The van der Waals surface area contributed by atoms with Crippen molar-refractivity contribution in [3.05, 3.63) is 18.2 Å². The molecule has 3 heterocycles. The molecular formula is C20H29N3O5. The lowest BCUT2D eigenvalue weighted by Crippen LogP contribution is -2.47. The summed E-state index contributed by atoms with van der Waals surface area (Å²) >= 11 is 0. The predicted octanol–water partition coefficient (Wildman–Crippen LogP) is 1.99. The molecule has 1 aromatic rings. The van der Waals surface area contributed by atoms with Crippen LogP contribution in [0.15, 0.2) is 23.2 Å². The highest BCUT2D eigenvalue weighted by atomic mass is 16.8. The van der Waals surface area contributed by atoms with E-state index in [0.717, 1.165) is 23.6 Å². The van der Waals surface area contributed by atoms with Crippen LogP contribution >= 0.6 is 0 Å². The first-order valence-electron chi connectivity index (χ1n) is 9.81. The Balaban J connectivity index is 1.41. The van der Waals surface area contributed by atoms with Crippen LogP contribution in [0, 0.1) is 11.3 Å². The van der Waals surface area contributed by atoms with E-state index in [1.165, 1.54) is 0 Å². The van der Waals surface area contributed by atoms with Gasteiger partial charge in [0.25, 0.3) is 0 Å². The summed E-state index contributed by atoms with van der Waals surface area (Å²) in [6.07, 6.45) is 0.871. The van der Waals surface area contributed by atoms with Crippen LogP contribution in [0.25, 0.3) is 0 Å². The molecule has 3 aliphatic heterocycles. The number of benzene rings is 1. The van der Waals surface area contributed by atoms with Crippen molar-refractivity contribution >= 4 is 11.6 Å². The van der Waals surface area contributed by atoms with Crippen molar-refractivity contribution in [3.63, 3.8) is 0 Å². The third-order valence-electron chi connectivity index (χ3n) is 5.51. The zero-order valence-corrected chi connectivity index (χ0v) is 16.5. The maximum Gasteiger partial charge on any atom is 0.197 e. The fourth-order valence-corrected chi connectivity index (χ4v) is 3.95. The highest BCUT2D eigenvalue weighted by Crippen LogP contribution is 2.44. The van der Waals surface area contributed by atoms with E-state index in [4.69, 9.17) is 29.4 Å². The van der Waals surface area contributed by atoms with E-state index in [9.17, 15) is 0 Å². The van der Waals surface area contributed by atoms with Crippen LogP contribution < -0.4 is 20.5 Å². The van der Waals surface area contributed by atoms with E-state index >= 15 is 0 Å². The molecule has 2 saturated heterocycles. The third kappa shape index (κ3) is 3.90. The average molecular weight is 391 g/mol. The fraction of sp³-hybridized carbons (Fsp3) is 0.650. The van der Waals surface area contributed by atoms with Crippen molar-refractivity contribution in [2.45, 2.75) is 26.1 Å². The molecule has 1 aromatic carbocycles. The molecule has 0 amide bonds. The molecule has 8 heteroatoms. The van der Waals surface area contributed by atoms with E-state index in [2.05, 4.69) is 24.2 Å². The van der Waals surface area contributed by atoms with E-state index < -0.39 is 5.79 Å². The summed E-state index contributed by atoms with van der Waals surface area (Å²) in [4.78, 5) is 4.57. The smallest absolute Gasteiger partial charge is 0.197 e. The van der Waals surface area contributed by atoms with Gasteiger partial charge in [0.2, 0.25) is 0 Å². The van der Waals surface area contributed by atoms with Gasteiger partial charge in [-0.2, -0.15) is 0 Å². The van der Waals surface area contributed by atoms with Gasteiger partial charge in [0.05, 0.1) is 33.0 Å². The number of guanidine groups is 1. The lowest BCUT2D eigenvalue weighted by Gasteiger charge is -2.37. The Morgan fingerprint density at radius 1 is 1.18 bits per heavy atom. The number of aliphatic imine (C=N–C) groups is 1. The van der Waals surface area contributed by atoms with Gasteiger partial charge in [-0.1, -0.05) is 13.8 Å². The van der Waals surface area contributed by atoms with Crippen LogP contribution in [0.2, 0.25) is 0 Å². The Kier molecular flexibility index (Phi) is 5.35. The second-order valence-corrected chi connectivity index (χ2v) is 8.10. The van der Waals surface area contributed by atoms with E-state index in [0.29, 0.717) is 52.1 Å². The summed E-state index contributed by atoms with van der Waals surface area (Å²) in [5.41, 5.74) is 6.75. The van der Waals surface area contributed by atoms with Gasteiger partial charge in [0, 0.05) is 30.6 Å². The maximum absolute atomic E-state index is 6.14. The summed E-state index contributed by atoms with van der Waals surface area (Å²) in [6, 6.07) is 5.67. The molecular weight excluding hydrogens is 362 g/mol. The SMILES string of the molecule is CC(C)(CN=C(N)Nc1ccc2c(c1)OCCCO2)C1COCC12OCCO2. The minimum Gasteiger partial charge on any atom is -0.490 e. The van der Waals surface area contributed by atoms with E-state index in [1.54, 1.807) is 0 Å². The molecule has 154 valence electrons. The van der Waals surface area contributed by atoms with Crippen LogP contribution in [0.3, 0.4) is 0 Å². The highest BCUT2D eigenvalue weighted by Gasteiger charge is 2.55. The Bertz CT molecular complexity index is 725. The lowest BCUT2D eigenvalue weighted by molar-refractivity contribution is -0.196. The van der Waals surface area contributed by atoms with Crippen LogP contribution in [0.5, 0.6) is 11.5 Å². The standard InChI is InChI=1S/C20H29N3O5/c1-19(2,17-11-24-13-20(17)27-8-9-28-20)12-22-18(21)23-14-4-5-15-16(10-14)26-7-3-6-25-15/h4-5,10,17H,3,6-9,11-13H2,1-2H3,(H3,21,22,23). The molecule has 3 N–H and O–H groups in total. The summed E-state index contributed by atoms with van der Waals surface area (Å²) in [5, 5.41) is 3.14. The first-order chi connectivity index (χ1) is 13.5. The van der Waals surface area contributed by atoms with Crippen LogP contribution in [-0.4, -0.2) is 57.9 Å². The van der Waals surface area contributed by atoms with Crippen molar-refractivity contribution in [2.75, 3.05) is 51.5 Å². The fourth-order valence-electron chi connectivity index (χ4n) is 3.95. The lowest BCUT2D eigenvalue weighted by atomic mass is 9.75. The van der Waals surface area contributed by atoms with Crippen LogP contribution in [0.1, 0.15) is 20.3 Å². The molecule has 28 heavy (non-hydrogen) atoms. The normalized spacial score (nSPS) is 24.4. The first kappa shape index (κ1) is 19.3. The molecule has 0 radical (unpaired) electrons. The topological polar surface area (TPSA) is 96.6 Å². The van der Waals surface area contributed by atoms with E-state index in [1.807, 2.05) is 18.2 Å². The number of fused-ring (bicyclic) bond motifs is 1. The number of ether oxygens (including phenoxy) is 5. The van der Waals surface area contributed by atoms with Gasteiger partial charge < -0.3 is 34.7 Å². The van der Waals surface area contributed by atoms with Gasteiger partial charge in [-0.3, -0.25) is 4.99 Å². The monoisotopic (exact) mass is 391 g/mol. The van der Waals surface area contributed by atoms with Crippen molar-refractivity contribution in [1.82, 2.24) is 0 Å². The molecule has 0 aromatic heterocycles. The molecule has 4 rings (SSSR count). The maximum atomic E-state index is 6.14. The van der Waals surface area contributed by atoms with Gasteiger partial charge in [-0.15, -0.1) is 0 Å². The predicted molar refractivity (Wildman–Crippen MR) is 105 cm³/mol. The number of nitrogens with one attached hydrogen (secondary N) is 1. The highest BCUT2D eigenvalue weighted by molar-refractivity contribution is 5.92. The molecule has 1 unspecified atom stereocenters. The van der Waals surface area contributed by atoms with Crippen LogP contribution in [-0.2, 0) is 14.2 Å². The minimum absolute atomic E-state index is 0.0945. The Morgan fingerprint density at radius 3 is 2.71 bits per heavy atom. The molecule has 1 spiro atoms. The number of rotatable bonds is 4. The van der Waals surface area contributed by atoms with Gasteiger partial charge in [0.1, 0.15) is 6.61 Å². The van der Waals surface area contributed by atoms with Crippen LogP contribution in [0.4, 0.5) is 5.69 Å². The van der Waals surface area contributed by atoms with Crippen molar-refractivity contribution < 1.29 is 23.7 Å². The summed E-state index contributed by atoms with van der Waals surface area (Å²) in [7, 11) is 0. The zero-order valence-electron chi connectivity index (χ0n) is 16.5. The quantitative estimate of drug-likeness (QED) is 0.598. The molecule has 1 atom stereocenters. The minimum atomic E-state index is -0.643. The van der Waals surface area contributed by atoms with Gasteiger partial charge in [-0.25, -0.2) is 0 Å². The number of nitrogens with zero attached hydrogens (tertiary/aromatic N) is 1. The molecule has 2 fully saturated rings. The average Bonchev–Trinajstić information content (AvgIpc) is 3.25. The number of hydrogen-bond donors (Lipinski definition) is 2. The van der Waals surface area contributed by atoms with E-state index in [-0.39, 0.29) is 11.3 Å². The summed E-state index contributed by atoms with van der Waals surface area (Å²) in [5.74, 6) is 1.27. The number of anilines is 1. The summed E-state index contributed by atoms with van der Waals surface area (Å²) in [6.45, 7) is 8.39. The molecule has 3 aliphatic rings. The van der Waals surface area contributed by atoms with Crippen molar-refractivity contribution in [2.24, 2.45) is 22.1 Å². The van der Waals surface area contributed by atoms with Gasteiger partial charge >= 0.3 is 0 Å². The number of nitrogens with two attached hydrogens (primary N) is 1. The van der Waals surface area contributed by atoms with Crippen molar-refractivity contribution in [3.8, 4) is 11.5 Å². The first-order valence-corrected chi connectivity index (χ1v) is 9.81.